The number of piperazine rings is 1. The predicted octanol–water partition coefficient (Wildman–Crippen LogP) is 1.64. The van der Waals surface area contributed by atoms with Crippen LogP contribution in [-0.2, 0) is 0 Å². The van der Waals surface area contributed by atoms with Gasteiger partial charge in [-0.15, -0.1) is 0 Å². The van der Waals surface area contributed by atoms with Crippen LogP contribution in [0.4, 0.5) is 10.5 Å². The molecule has 6 heteroatoms. The molecule has 114 valence electrons. The molecule has 1 aliphatic heterocycles. The number of hydrogen-bond donors (Lipinski definition) is 3. The van der Waals surface area contributed by atoms with Crippen LogP contribution in [0, 0.1) is 0 Å². The maximum absolute atomic E-state index is 11.3. The lowest BCUT2D eigenvalue weighted by Crippen LogP contribution is -2.52. The van der Waals surface area contributed by atoms with Crippen molar-refractivity contribution in [1.29, 1.82) is 0 Å². The zero-order chi connectivity index (χ0) is 15.2. The second-order valence-corrected chi connectivity index (χ2v) is 5.23. The molecule has 1 aromatic rings. The van der Waals surface area contributed by atoms with E-state index in [4.69, 9.17) is 5.11 Å². The van der Waals surface area contributed by atoms with E-state index < -0.39 is 6.09 Å². The van der Waals surface area contributed by atoms with Crippen LogP contribution in [0.1, 0.15) is 23.7 Å². The third-order valence-electron chi connectivity index (χ3n) is 3.62. The Hall–Kier alpha value is -2.08. The molecule has 1 saturated heterocycles. The molecule has 21 heavy (non-hydrogen) atoms. The number of ketones is 1. The summed E-state index contributed by atoms with van der Waals surface area (Å²) in [5, 5.41) is 15.6. The Labute approximate surface area is 124 Å². The first-order valence-electron chi connectivity index (χ1n) is 7.12. The Morgan fingerprint density at radius 2 is 2.29 bits per heavy atom. The molecule has 0 bridgehead atoms. The van der Waals surface area contributed by atoms with Gasteiger partial charge in [0, 0.05) is 43.5 Å². The lowest BCUT2D eigenvalue weighted by Gasteiger charge is -2.31. The average Bonchev–Trinajstić information content (AvgIpc) is 2.48. The van der Waals surface area contributed by atoms with E-state index in [9.17, 15) is 9.59 Å². The summed E-state index contributed by atoms with van der Waals surface area (Å²) in [4.78, 5) is 23.7. The van der Waals surface area contributed by atoms with Gasteiger partial charge in [-0.3, -0.25) is 4.79 Å². The van der Waals surface area contributed by atoms with E-state index in [1.807, 2.05) is 18.2 Å². The van der Waals surface area contributed by atoms with Gasteiger partial charge in [-0.25, -0.2) is 4.79 Å². The number of rotatable bonds is 5. The van der Waals surface area contributed by atoms with Crippen LogP contribution in [0.3, 0.4) is 0 Å². The molecule has 1 atom stereocenters. The van der Waals surface area contributed by atoms with E-state index in [0.29, 0.717) is 25.2 Å². The molecule has 1 fully saturated rings. The van der Waals surface area contributed by atoms with E-state index >= 15 is 0 Å². The van der Waals surface area contributed by atoms with Gasteiger partial charge in [-0.1, -0.05) is 12.1 Å². The fraction of sp³-hybridized carbons (Fsp3) is 0.467. The molecule has 1 aromatic carbocycles. The minimum Gasteiger partial charge on any atom is -0.465 e. The normalized spacial score (nSPS) is 18.3. The smallest absolute Gasteiger partial charge is 0.407 e. The van der Waals surface area contributed by atoms with Gasteiger partial charge in [0.15, 0.2) is 5.78 Å². The summed E-state index contributed by atoms with van der Waals surface area (Å²) in [6.45, 7) is 4.03. The van der Waals surface area contributed by atoms with Crippen molar-refractivity contribution < 1.29 is 14.7 Å². The maximum Gasteiger partial charge on any atom is 0.407 e. The number of benzene rings is 1. The number of nitrogens with one attached hydrogen (secondary N) is 2. The number of amides is 1. The third kappa shape index (κ3) is 4.46. The molecule has 1 aliphatic rings. The van der Waals surface area contributed by atoms with E-state index in [0.717, 1.165) is 18.7 Å². The molecule has 0 spiro atoms. The molecule has 0 unspecified atom stereocenters. The number of carbonyl (C=O) groups is 2. The molecule has 0 radical (unpaired) electrons. The Morgan fingerprint density at radius 1 is 1.48 bits per heavy atom. The van der Waals surface area contributed by atoms with Crippen LogP contribution in [-0.4, -0.2) is 54.1 Å². The van der Waals surface area contributed by atoms with Crippen molar-refractivity contribution >= 4 is 17.6 Å². The first-order chi connectivity index (χ1) is 10.1. The number of anilines is 1. The Balaban J connectivity index is 1.80. The Kier molecular flexibility index (Phi) is 5.16. The number of carbonyl (C=O) groups excluding carboxylic acids is 1. The standard InChI is InChI=1S/C15H21N3O3/c1-11(19)12-3-2-4-13(9-12)16-6-5-14-10-18(15(20)21)8-7-17-14/h2-4,9,14,16-17H,5-8,10H2,1H3,(H,20,21)/t14-/m1/s1. The van der Waals surface area contributed by atoms with Crippen LogP contribution in [0.15, 0.2) is 24.3 Å². The molecule has 3 N–H and O–H groups in total. The highest BCUT2D eigenvalue weighted by Gasteiger charge is 2.22. The van der Waals surface area contributed by atoms with Gasteiger partial charge in [0.1, 0.15) is 0 Å². The summed E-state index contributed by atoms with van der Waals surface area (Å²) in [5.41, 5.74) is 1.60. The molecule has 1 heterocycles. The van der Waals surface area contributed by atoms with Crippen molar-refractivity contribution in [1.82, 2.24) is 10.2 Å². The quantitative estimate of drug-likeness (QED) is 0.719. The van der Waals surface area contributed by atoms with Crippen molar-refractivity contribution in [3.63, 3.8) is 0 Å². The molecule has 0 aliphatic carbocycles. The van der Waals surface area contributed by atoms with E-state index in [1.165, 1.54) is 4.90 Å². The lowest BCUT2D eigenvalue weighted by atomic mass is 10.1. The van der Waals surface area contributed by atoms with Crippen molar-refractivity contribution in [2.24, 2.45) is 0 Å². The monoisotopic (exact) mass is 291 g/mol. The highest BCUT2D eigenvalue weighted by Crippen LogP contribution is 2.12. The number of nitrogens with zero attached hydrogens (tertiary/aromatic N) is 1. The summed E-state index contributed by atoms with van der Waals surface area (Å²) >= 11 is 0. The third-order valence-corrected chi connectivity index (χ3v) is 3.62. The van der Waals surface area contributed by atoms with Gasteiger partial charge in [-0.05, 0) is 25.5 Å². The summed E-state index contributed by atoms with van der Waals surface area (Å²) in [6.07, 6.45) is -0.0303. The van der Waals surface area contributed by atoms with Crippen LogP contribution in [0.2, 0.25) is 0 Å². The fourth-order valence-corrected chi connectivity index (χ4v) is 2.43. The van der Waals surface area contributed by atoms with Crippen LogP contribution in [0.25, 0.3) is 0 Å². The van der Waals surface area contributed by atoms with Crippen molar-refractivity contribution in [2.75, 3.05) is 31.5 Å². The van der Waals surface area contributed by atoms with E-state index in [-0.39, 0.29) is 11.8 Å². The number of hydrogen-bond acceptors (Lipinski definition) is 4. The van der Waals surface area contributed by atoms with Gasteiger partial charge in [0.05, 0.1) is 0 Å². The molecular weight excluding hydrogens is 270 g/mol. The highest BCUT2D eigenvalue weighted by atomic mass is 16.4. The molecule has 6 nitrogen and oxygen atoms in total. The second-order valence-electron chi connectivity index (χ2n) is 5.23. The number of Topliss-reactive ketones (excluding diaryl/α,β-unsaturated/α-hetero) is 1. The van der Waals surface area contributed by atoms with E-state index in [2.05, 4.69) is 10.6 Å². The highest BCUT2D eigenvalue weighted by molar-refractivity contribution is 5.94. The summed E-state index contributed by atoms with van der Waals surface area (Å²) in [5.74, 6) is 0.0460. The lowest BCUT2D eigenvalue weighted by molar-refractivity contribution is 0.101. The van der Waals surface area contributed by atoms with Crippen LogP contribution in [0.5, 0.6) is 0 Å². The first kappa shape index (κ1) is 15.3. The molecule has 0 saturated carbocycles. The topological polar surface area (TPSA) is 81.7 Å². The fourth-order valence-electron chi connectivity index (χ4n) is 2.43. The van der Waals surface area contributed by atoms with Crippen molar-refractivity contribution in [3.8, 4) is 0 Å². The zero-order valence-corrected chi connectivity index (χ0v) is 12.1. The number of carboxylic acid groups (broad SMARTS) is 1. The summed E-state index contributed by atoms with van der Waals surface area (Å²) < 4.78 is 0. The SMILES string of the molecule is CC(=O)c1cccc(NCC[C@@H]2CN(C(=O)O)CCN2)c1. The first-order valence-corrected chi connectivity index (χ1v) is 7.12. The van der Waals surface area contributed by atoms with Crippen LogP contribution < -0.4 is 10.6 Å². The van der Waals surface area contributed by atoms with Gasteiger partial charge in [-0.2, -0.15) is 0 Å². The second kappa shape index (κ2) is 7.08. The predicted molar refractivity (Wildman–Crippen MR) is 80.9 cm³/mol. The zero-order valence-electron chi connectivity index (χ0n) is 12.1. The molecule has 0 aromatic heterocycles. The average molecular weight is 291 g/mol. The molecule has 1 amide bonds. The van der Waals surface area contributed by atoms with Gasteiger partial charge in [0.2, 0.25) is 0 Å². The van der Waals surface area contributed by atoms with Crippen molar-refractivity contribution in [2.45, 2.75) is 19.4 Å². The van der Waals surface area contributed by atoms with E-state index in [1.54, 1.807) is 13.0 Å². The van der Waals surface area contributed by atoms with Crippen LogP contribution >= 0.6 is 0 Å². The molecule has 2 rings (SSSR count). The summed E-state index contributed by atoms with van der Waals surface area (Å²) in [6, 6.07) is 7.56. The summed E-state index contributed by atoms with van der Waals surface area (Å²) in [7, 11) is 0. The Bertz CT molecular complexity index is 519. The van der Waals surface area contributed by atoms with Gasteiger partial charge in [0.25, 0.3) is 0 Å². The minimum absolute atomic E-state index is 0.0460. The van der Waals surface area contributed by atoms with Gasteiger partial charge < -0.3 is 20.6 Å². The van der Waals surface area contributed by atoms with Gasteiger partial charge >= 0.3 is 6.09 Å². The maximum atomic E-state index is 11.3. The van der Waals surface area contributed by atoms with Crippen molar-refractivity contribution in [3.05, 3.63) is 29.8 Å². The molecular formula is C15H21N3O3. The Morgan fingerprint density at radius 3 is 3.00 bits per heavy atom. The minimum atomic E-state index is -0.858. The largest absolute Gasteiger partial charge is 0.465 e.